The van der Waals surface area contributed by atoms with Crippen molar-refractivity contribution in [2.45, 2.75) is 6.10 Å². The minimum absolute atomic E-state index is 0.448. The Labute approximate surface area is 93.0 Å². The Morgan fingerprint density at radius 2 is 2.06 bits per heavy atom. The summed E-state index contributed by atoms with van der Waals surface area (Å²) < 4.78 is 10.7. The highest BCUT2D eigenvalue weighted by molar-refractivity contribution is 5.81. The average Bonchev–Trinajstić information content (AvgIpc) is 2.36. The zero-order valence-corrected chi connectivity index (χ0v) is 8.90. The van der Waals surface area contributed by atoms with Crippen LogP contribution in [0.15, 0.2) is 18.2 Å². The summed E-state index contributed by atoms with van der Waals surface area (Å²) >= 11 is 0. The quantitative estimate of drug-likeness (QED) is 0.753. The van der Waals surface area contributed by atoms with Crippen molar-refractivity contribution in [1.82, 2.24) is 5.32 Å². The second kappa shape index (κ2) is 4.40. The van der Waals surface area contributed by atoms with E-state index in [4.69, 9.17) is 9.47 Å². The highest BCUT2D eigenvalue weighted by atomic mass is 16.6. The van der Waals surface area contributed by atoms with E-state index in [9.17, 15) is 9.90 Å². The first-order valence-electron chi connectivity index (χ1n) is 5.01. The summed E-state index contributed by atoms with van der Waals surface area (Å²) in [5.41, 5.74) is 0.489. The number of aliphatic hydroxyl groups excluding tert-OH is 1. The molecule has 0 aromatic heterocycles. The molecule has 16 heavy (non-hydrogen) atoms. The monoisotopic (exact) mass is 223 g/mol. The first-order valence-corrected chi connectivity index (χ1v) is 5.01. The van der Waals surface area contributed by atoms with E-state index in [2.05, 4.69) is 5.32 Å². The predicted octanol–water partition coefficient (Wildman–Crippen LogP) is 0.237. The Morgan fingerprint density at radius 1 is 1.38 bits per heavy atom. The molecule has 1 amide bonds. The normalized spacial score (nSPS) is 15.4. The number of fused-ring (bicyclic) bond motifs is 1. The molecular weight excluding hydrogens is 210 g/mol. The third-order valence-electron chi connectivity index (χ3n) is 2.38. The number of hydrogen-bond donors (Lipinski definition) is 2. The largest absolute Gasteiger partial charge is 0.486 e. The maximum Gasteiger partial charge on any atom is 0.253 e. The molecule has 1 aromatic carbocycles. The van der Waals surface area contributed by atoms with Crippen LogP contribution in [0.4, 0.5) is 0 Å². The number of hydrogen-bond acceptors (Lipinski definition) is 4. The summed E-state index contributed by atoms with van der Waals surface area (Å²) in [4.78, 5) is 11.2. The molecule has 0 radical (unpaired) electrons. The fraction of sp³-hybridized carbons (Fsp3) is 0.364. The molecule has 0 spiro atoms. The fourth-order valence-corrected chi connectivity index (χ4v) is 1.52. The van der Waals surface area contributed by atoms with Gasteiger partial charge in [-0.3, -0.25) is 4.79 Å². The Balaban J connectivity index is 2.26. The number of carbonyl (C=O) groups is 1. The lowest BCUT2D eigenvalue weighted by Gasteiger charge is -2.19. The number of rotatable bonds is 2. The van der Waals surface area contributed by atoms with E-state index in [1.807, 2.05) is 0 Å². The SMILES string of the molecule is CNC(=O)C(O)c1ccc2c(c1)OCCO2. The van der Waals surface area contributed by atoms with Crippen LogP contribution < -0.4 is 14.8 Å². The number of ether oxygens (including phenoxy) is 2. The van der Waals surface area contributed by atoms with E-state index in [0.29, 0.717) is 30.3 Å². The lowest BCUT2D eigenvalue weighted by molar-refractivity contribution is -0.129. The van der Waals surface area contributed by atoms with Crippen LogP contribution in [-0.4, -0.2) is 31.3 Å². The summed E-state index contributed by atoms with van der Waals surface area (Å²) in [5.74, 6) is 0.752. The van der Waals surface area contributed by atoms with Crippen molar-refractivity contribution in [2.75, 3.05) is 20.3 Å². The molecule has 1 aromatic rings. The highest BCUT2D eigenvalue weighted by Crippen LogP contribution is 2.32. The van der Waals surface area contributed by atoms with Crippen molar-refractivity contribution >= 4 is 5.91 Å². The Hall–Kier alpha value is -1.75. The van der Waals surface area contributed by atoms with Crippen LogP contribution in [0.3, 0.4) is 0 Å². The maximum absolute atomic E-state index is 11.2. The van der Waals surface area contributed by atoms with Gasteiger partial charge in [-0.2, -0.15) is 0 Å². The summed E-state index contributed by atoms with van der Waals surface area (Å²) in [6.07, 6.45) is -1.18. The zero-order valence-electron chi connectivity index (χ0n) is 8.90. The Morgan fingerprint density at radius 3 is 2.75 bits per heavy atom. The van der Waals surface area contributed by atoms with E-state index in [-0.39, 0.29) is 0 Å². The van der Waals surface area contributed by atoms with Crippen LogP contribution in [0.5, 0.6) is 11.5 Å². The van der Waals surface area contributed by atoms with Crippen molar-refractivity contribution in [3.05, 3.63) is 23.8 Å². The number of carbonyl (C=O) groups excluding carboxylic acids is 1. The molecule has 1 unspecified atom stereocenters. The minimum Gasteiger partial charge on any atom is -0.486 e. The van der Waals surface area contributed by atoms with E-state index in [1.165, 1.54) is 7.05 Å². The van der Waals surface area contributed by atoms with Gasteiger partial charge in [-0.05, 0) is 17.7 Å². The van der Waals surface area contributed by atoms with Gasteiger partial charge in [0, 0.05) is 7.05 Å². The first-order chi connectivity index (χ1) is 7.72. The van der Waals surface area contributed by atoms with Gasteiger partial charge < -0.3 is 19.9 Å². The zero-order chi connectivity index (χ0) is 11.5. The van der Waals surface area contributed by atoms with Gasteiger partial charge in [0.15, 0.2) is 17.6 Å². The number of likely N-dealkylation sites (N-methyl/N-ethyl adjacent to an activating group) is 1. The van der Waals surface area contributed by atoms with Crippen LogP contribution in [-0.2, 0) is 4.79 Å². The molecule has 86 valence electrons. The smallest absolute Gasteiger partial charge is 0.253 e. The molecule has 1 heterocycles. The molecule has 2 rings (SSSR count). The molecule has 2 N–H and O–H groups in total. The van der Waals surface area contributed by atoms with E-state index < -0.39 is 12.0 Å². The molecule has 1 aliphatic heterocycles. The molecule has 5 heteroatoms. The standard InChI is InChI=1S/C11H13NO4/c1-12-11(14)10(13)7-2-3-8-9(6-7)16-5-4-15-8/h2-3,6,10,13H,4-5H2,1H3,(H,12,14). The highest BCUT2D eigenvalue weighted by Gasteiger charge is 2.19. The predicted molar refractivity (Wildman–Crippen MR) is 56.5 cm³/mol. The fourth-order valence-electron chi connectivity index (χ4n) is 1.52. The Kier molecular flexibility index (Phi) is 2.96. The van der Waals surface area contributed by atoms with E-state index in [1.54, 1.807) is 18.2 Å². The summed E-state index contributed by atoms with van der Waals surface area (Å²) in [7, 11) is 1.48. The van der Waals surface area contributed by atoms with Crippen LogP contribution in [0.2, 0.25) is 0 Å². The van der Waals surface area contributed by atoms with Crippen molar-refractivity contribution in [1.29, 1.82) is 0 Å². The second-order valence-electron chi connectivity index (χ2n) is 3.42. The second-order valence-corrected chi connectivity index (χ2v) is 3.42. The number of nitrogens with one attached hydrogen (secondary N) is 1. The van der Waals surface area contributed by atoms with Gasteiger partial charge in [0.05, 0.1) is 0 Å². The maximum atomic E-state index is 11.2. The molecule has 1 aliphatic rings. The molecule has 0 bridgehead atoms. The number of benzene rings is 1. The third-order valence-corrected chi connectivity index (χ3v) is 2.38. The van der Waals surface area contributed by atoms with Gasteiger partial charge in [0.2, 0.25) is 0 Å². The summed E-state index contributed by atoms with van der Waals surface area (Å²) in [5, 5.41) is 12.1. The molecule has 0 saturated carbocycles. The third kappa shape index (κ3) is 1.94. The van der Waals surface area contributed by atoms with Crippen LogP contribution in [0.1, 0.15) is 11.7 Å². The van der Waals surface area contributed by atoms with E-state index >= 15 is 0 Å². The van der Waals surface area contributed by atoms with Crippen LogP contribution in [0, 0.1) is 0 Å². The molecule has 0 aliphatic carbocycles. The number of amides is 1. The van der Waals surface area contributed by atoms with Gasteiger partial charge in [0.25, 0.3) is 5.91 Å². The van der Waals surface area contributed by atoms with Gasteiger partial charge in [0.1, 0.15) is 13.2 Å². The summed E-state index contributed by atoms with van der Waals surface area (Å²) in [6.45, 7) is 0.997. The lowest BCUT2D eigenvalue weighted by Crippen LogP contribution is -2.25. The molecule has 1 atom stereocenters. The molecule has 0 fully saturated rings. The van der Waals surface area contributed by atoms with Gasteiger partial charge >= 0.3 is 0 Å². The lowest BCUT2D eigenvalue weighted by atomic mass is 10.1. The van der Waals surface area contributed by atoms with E-state index in [0.717, 1.165) is 0 Å². The number of aliphatic hydroxyl groups is 1. The molecule has 0 saturated heterocycles. The first kappa shape index (κ1) is 10.8. The van der Waals surface area contributed by atoms with Crippen molar-refractivity contribution in [3.8, 4) is 11.5 Å². The molecule has 5 nitrogen and oxygen atoms in total. The van der Waals surface area contributed by atoms with Crippen molar-refractivity contribution in [3.63, 3.8) is 0 Å². The van der Waals surface area contributed by atoms with Crippen LogP contribution >= 0.6 is 0 Å². The van der Waals surface area contributed by atoms with Crippen molar-refractivity contribution in [2.24, 2.45) is 0 Å². The topological polar surface area (TPSA) is 67.8 Å². The van der Waals surface area contributed by atoms with Gasteiger partial charge in [-0.1, -0.05) is 6.07 Å². The molecular formula is C11H13NO4. The Bertz CT molecular complexity index is 405. The van der Waals surface area contributed by atoms with Crippen LogP contribution in [0.25, 0.3) is 0 Å². The van der Waals surface area contributed by atoms with Gasteiger partial charge in [-0.25, -0.2) is 0 Å². The van der Waals surface area contributed by atoms with Gasteiger partial charge in [-0.15, -0.1) is 0 Å². The minimum atomic E-state index is -1.18. The average molecular weight is 223 g/mol. The summed E-state index contributed by atoms with van der Waals surface area (Å²) in [6, 6.07) is 4.96. The van der Waals surface area contributed by atoms with Crippen molar-refractivity contribution < 1.29 is 19.4 Å².